The number of anilines is 2. The Morgan fingerprint density at radius 3 is 2.95 bits per heavy atom. The first-order valence-corrected chi connectivity index (χ1v) is 6.06. The summed E-state index contributed by atoms with van der Waals surface area (Å²) in [6.07, 6.45) is 5.62. The van der Waals surface area contributed by atoms with Crippen molar-refractivity contribution in [1.82, 2.24) is 19.7 Å². The van der Waals surface area contributed by atoms with Crippen molar-refractivity contribution in [2.24, 2.45) is 7.05 Å². The number of aromatic nitrogens is 4. The lowest BCUT2D eigenvalue weighted by Crippen LogP contribution is -2.17. The molecule has 2 aromatic heterocycles. The van der Waals surface area contributed by atoms with Crippen molar-refractivity contribution in [2.75, 3.05) is 17.2 Å². The molecule has 0 aliphatic carbocycles. The van der Waals surface area contributed by atoms with Crippen molar-refractivity contribution < 1.29 is 4.79 Å². The lowest BCUT2D eigenvalue weighted by atomic mass is 10.4. The Hall–Kier alpha value is -2.44. The van der Waals surface area contributed by atoms with Gasteiger partial charge in [0.25, 0.3) is 5.91 Å². The summed E-state index contributed by atoms with van der Waals surface area (Å²) in [5.41, 5.74) is 0.266. The molecule has 0 atom stereocenters. The average molecular weight is 260 g/mol. The molecule has 7 nitrogen and oxygen atoms in total. The third kappa shape index (κ3) is 3.27. The summed E-state index contributed by atoms with van der Waals surface area (Å²) in [6.45, 7) is 2.85. The van der Waals surface area contributed by atoms with Gasteiger partial charge in [-0.25, -0.2) is 4.98 Å². The van der Waals surface area contributed by atoms with Crippen LogP contribution in [0.4, 0.5) is 11.6 Å². The molecule has 100 valence electrons. The summed E-state index contributed by atoms with van der Waals surface area (Å²) < 4.78 is 1.57. The maximum absolute atomic E-state index is 12.0. The Kier molecular flexibility index (Phi) is 4.07. The van der Waals surface area contributed by atoms with E-state index in [1.54, 1.807) is 30.2 Å². The van der Waals surface area contributed by atoms with Gasteiger partial charge in [-0.1, -0.05) is 6.92 Å². The second-order valence-electron chi connectivity index (χ2n) is 4.01. The highest BCUT2D eigenvalue weighted by atomic mass is 16.2. The standard InChI is InChI=1S/C12H16N6O/c1-3-5-14-10-8-13-7-9(16-10)12(19)17-11-4-6-15-18(11)2/h4,6-8H,3,5H2,1-2H3,(H,14,16)(H,17,19). The van der Waals surface area contributed by atoms with Crippen molar-refractivity contribution >= 4 is 17.5 Å². The van der Waals surface area contributed by atoms with Crippen LogP contribution in [0, 0.1) is 0 Å². The van der Waals surface area contributed by atoms with Crippen LogP contribution in [-0.4, -0.2) is 32.2 Å². The van der Waals surface area contributed by atoms with Crippen molar-refractivity contribution in [2.45, 2.75) is 13.3 Å². The number of aryl methyl sites for hydroxylation is 1. The molecule has 1 amide bonds. The van der Waals surface area contributed by atoms with Crippen LogP contribution in [-0.2, 0) is 7.05 Å². The van der Waals surface area contributed by atoms with Gasteiger partial charge in [0.15, 0.2) is 0 Å². The Balaban J connectivity index is 2.08. The summed E-state index contributed by atoms with van der Waals surface area (Å²) in [7, 11) is 1.75. The minimum atomic E-state index is -0.309. The fourth-order valence-electron chi connectivity index (χ4n) is 1.49. The third-order valence-electron chi connectivity index (χ3n) is 2.49. The molecule has 0 bridgehead atoms. The minimum Gasteiger partial charge on any atom is -0.369 e. The third-order valence-corrected chi connectivity index (χ3v) is 2.49. The quantitative estimate of drug-likeness (QED) is 0.846. The predicted molar refractivity (Wildman–Crippen MR) is 72.0 cm³/mol. The van der Waals surface area contributed by atoms with E-state index in [4.69, 9.17) is 0 Å². The van der Waals surface area contributed by atoms with Gasteiger partial charge in [0.2, 0.25) is 0 Å². The summed E-state index contributed by atoms with van der Waals surface area (Å²) in [6, 6.07) is 1.71. The van der Waals surface area contributed by atoms with Crippen molar-refractivity contribution in [3.63, 3.8) is 0 Å². The van der Waals surface area contributed by atoms with Crippen LogP contribution in [0.3, 0.4) is 0 Å². The van der Waals surface area contributed by atoms with Crippen molar-refractivity contribution in [3.05, 3.63) is 30.4 Å². The molecule has 2 rings (SSSR count). The van der Waals surface area contributed by atoms with E-state index in [2.05, 4.69) is 32.6 Å². The van der Waals surface area contributed by atoms with E-state index in [0.717, 1.165) is 13.0 Å². The first kappa shape index (κ1) is 13.0. The molecule has 2 heterocycles. The molecular formula is C12H16N6O. The van der Waals surface area contributed by atoms with Gasteiger partial charge in [-0.3, -0.25) is 14.5 Å². The topological polar surface area (TPSA) is 84.7 Å². The fourth-order valence-corrected chi connectivity index (χ4v) is 1.49. The molecule has 0 unspecified atom stereocenters. The van der Waals surface area contributed by atoms with Crippen LogP contribution < -0.4 is 10.6 Å². The van der Waals surface area contributed by atoms with E-state index < -0.39 is 0 Å². The monoisotopic (exact) mass is 260 g/mol. The van der Waals surface area contributed by atoms with Crippen LogP contribution in [0.25, 0.3) is 0 Å². The molecule has 0 aliphatic heterocycles. The normalized spacial score (nSPS) is 10.2. The fraction of sp³-hybridized carbons (Fsp3) is 0.333. The Labute approximate surface area is 111 Å². The van der Waals surface area contributed by atoms with Gasteiger partial charge in [-0.2, -0.15) is 5.10 Å². The Bertz CT molecular complexity index is 565. The zero-order valence-electron chi connectivity index (χ0n) is 10.9. The van der Waals surface area contributed by atoms with Gasteiger partial charge in [-0.15, -0.1) is 0 Å². The molecular weight excluding hydrogens is 244 g/mol. The van der Waals surface area contributed by atoms with Gasteiger partial charge in [0.05, 0.1) is 18.6 Å². The Morgan fingerprint density at radius 1 is 1.42 bits per heavy atom. The second-order valence-corrected chi connectivity index (χ2v) is 4.01. The lowest BCUT2D eigenvalue weighted by Gasteiger charge is -2.06. The first-order chi connectivity index (χ1) is 9.20. The van der Waals surface area contributed by atoms with E-state index in [0.29, 0.717) is 11.6 Å². The molecule has 0 saturated carbocycles. The highest BCUT2D eigenvalue weighted by molar-refractivity contribution is 6.02. The maximum Gasteiger partial charge on any atom is 0.277 e. The summed E-state index contributed by atoms with van der Waals surface area (Å²) >= 11 is 0. The summed E-state index contributed by atoms with van der Waals surface area (Å²) in [5.74, 6) is 0.898. The molecule has 0 aromatic carbocycles. The second kappa shape index (κ2) is 5.94. The predicted octanol–water partition coefficient (Wildman–Crippen LogP) is 1.28. The van der Waals surface area contributed by atoms with Gasteiger partial charge < -0.3 is 10.6 Å². The maximum atomic E-state index is 12.0. The zero-order chi connectivity index (χ0) is 13.7. The van der Waals surface area contributed by atoms with Crippen LogP contribution in [0.1, 0.15) is 23.8 Å². The molecule has 0 radical (unpaired) electrons. The van der Waals surface area contributed by atoms with Crippen molar-refractivity contribution in [1.29, 1.82) is 0 Å². The smallest absolute Gasteiger partial charge is 0.277 e. The van der Waals surface area contributed by atoms with Crippen LogP contribution in [0.2, 0.25) is 0 Å². The zero-order valence-corrected chi connectivity index (χ0v) is 10.9. The van der Waals surface area contributed by atoms with E-state index in [9.17, 15) is 4.79 Å². The van der Waals surface area contributed by atoms with Crippen LogP contribution in [0.5, 0.6) is 0 Å². The van der Waals surface area contributed by atoms with Crippen molar-refractivity contribution in [3.8, 4) is 0 Å². The van der Waals surface area contributed by atoms with Crippen LogP contribution in [0.15, 0.2) is 24.7 Å². The number of nitrogens with zero attached hydrogens (tertiary/aromatic N) is 4. The minimum absolute atomic E-state index is 0.266. The van der Waals surface area contributed by atoms with Crippen LogP contribution >= 0.6 is 0 Å². The molecule has 19 heavy (non-hydrogen) atoms. The van der Waals surface area contributed by atoms with Gasteiger partial charge in [0.1, 0.15) is 17.3 Å². The van der Waals surface area contributed by atoms with Gasteiger partial charge in [0, 0.05) is 19.7 Å². The van der Waals surface area contributed by atoms with E-state index in [1.807, 2.05) is 0 Å². The average Bonchev–Trinajstić information content (AvgIpc) is 2.82. The number of hydrogen-bond acceptors (Lipinski definition) is 5. The van der Waals surface area contributed by atoms with E-state index >= 15 is 0 Å². The SMILES string of the molecule is CCCNc1cncc(C(=O)Nc2ccnn2C)n1. The number of amides is 1. The number of rotatable bonds is 5. The number of carbonyl (C=O) groups excluding carboxylic acids is 1. The number of nitrogens with one attached hydrogen (secondary N) is 2. The van der Waals surface area contributed by atoms with Gasteiger partial charge >= 0.3 is 0 Å². The molecule has 0 aliphatic rings. The molecule has 0 saturated heterocycles. The lowest BCUT2D eigenvalue weighted by molar-refractivity contribution is 0.102. The molecule has 2 N–H and O–H groups in total. The van der Waals surface area contributed by atoms with Gasteiger partial charge in [-0.05, 0) is 6.42 Å². The summed E-state index contributed by atoms with van der Waals surface area (Å²) in [4.78, 5) is 20.2. The van der Waals surface area contributed by atoms with E-state index in [-0.39, 0.29) is 11.6 Å². The molecule has 7 heteroatoms. The molecule has 0 fully saturated rings. The highest BCUT2D eigenvalue weighted by Gasteiger charge is 2.10. The van der Waals surface area contributed by atoms with E-state index in [1.165, 1.54) is 6.20 Å². The highest BCUT2D eigenvalue weighted by Crippen LogP contribution is 2.07. The first-order valence-electron chi connectivity index (χ1n) is 6.06. The Morgan fingerprint density at radius 2 is 2.26 bits per heavy atom. The number of hydrogen-bond donors (Lipinski definition) is 2. The number of carbonyl (C=O) groups is 1. The molecule has 2 aromatic rings. The summed E-state index contributed by atoms with van der Waals surface area (Å²) in [5, 5.41) is 9.78. The molecule has 0 spiro atoms. The largest absolute Gasteiger partial charge is 0.369 e.